The Labute approximate surface area is 215 Å². The van der Waals surface area contributed by atoms with Crippen molar-refractivity contribution in [3.63, 3.8) is 0 Å². The van der Waals surface area contributed by atoms with Gasteiger partial charge in [-0.15, -0.1) is 0 Å². The number of amides is 2. The van der Waals surface area contributed by atoms with Crippen molar-refractivity contribution in [1.29, 1.82) is 0 Å². The summed E-state index contributed by atoms with van der Waals surface area (Å²) >= 11 is 0. The van der Waals surface area contributed by atoms with Crippen LogP contribution < -0.4 is 10.2 Å². The van der Waals surface area contributed by atoms with Crippen LogP contribution in [0.4, 0.5) is 18.9 Å². The van der Waals surface area contributed by atoms with Gasteiger partial charge in [0.25, 0.3) is 5.91 Å². The summed E-state index contributed by atoms with van der Waals surface area (Å²) in [7, 11) is 1.66. The van der Waals surface area contributed by atoms with Crippen LogP contribution in [0.5, 0.6) is 0 Å². The number of hydrogen-bond acceptors (Lipinski definition) is 5. The van der Waals surface area contributed by atoms with Crippen LogP contribution in [0.2, 0.25) is 0 Å². The number of piperidine rings is 1. The van der Waals surface area contributed by atoms with Crippen LogP contribution in [0.1, 0.15) is 28.8 Å². The van der Waals surface area contributed by atoms with Gasteiger partial charge in [-0.25, -0.2) is 0 Å². The molecule has 0 bridgehead atoms. The van der Waals surface area contributed by atoms with Gasteiger partial charge in [-0.3, -0.25) is 9.59 Å². The minimum Gasteiger partial charge on any atom is -0.371 e. The molecule has 37 heavy (non-hydrogen) atoms. The van der Waals surface area contributed by atoms with E-state index in [0.29, 0.717) is 13.1 Å². The molecule has 2 heterocycles. The first-order chi connectivity index (χ1) is 17.7. The van der Waals surface area contributed by atoms with Crippen molar-refractivity contribution >= 4 is 23.8 Å². The van der Waals surface area contributed by atoms with Gasteiger partial charge in [-0.1, -0.05) is 30.3 Å². The molecule has 7 nitrogen and oxygen atoms in total. The number of carbonyl (C=O) groups is 3. The topological polar surface area (TPSA) is 73.0 Å². The first-order valence-electron chi connectivity index (χ1n) is 12.4. The molecule has 2 saturated heterocycles. The lowest BCUT2D eigenvalue weighted by molar-refractivity contribution is -0.138. The Morgan fingerprint density at radius 3 is 2.03 bits per heavy atom. The Morgan fingerprint density at radius 1 is 0.892 bits per heavy atom. The Kier molecular flexibility index (Phi) is 10.1. The Hall–Kier alpha value is -3.40. The van der Waals surface area contributed by atoms with Crippen LogP contribution in [-0.2, 0) is 15.8 Å². The van der Waals surface area contributed by atoms with Gasteiger partial charge >= 0.3 is 6.18 Å². The van der Waals surface area contributed by atoms with E-state index in [1.807, 2.05) is 6.07 Å². The maximum atomic E-state index is 13.0. The number of aldehydes is 1. The van der Waals surface area contributed by atoms with Crippen molar-refractivity contribution in [2.45, 2.75) is 19.0 Å². The molecule has 0 radical (unpaired) electrons. The second-order valence-corrected chi connectivity index (χ2v) is 9.04. The molecule has 1 N–H and O–H groups in total. The number of benzene rings is 2. The predicted octanol–water partition coefficient (Wildman–Crippen LogP) is 3.31. The van der Waals surface area contributed by atoms with Crippen molar-refractivity contribution in [3.05, 3.63) is 65.7 Å². The number of alkyl halides is 3. The lowest BCUT2D eigenvalue weighted by atomic mass is 9.98. The van der Waals surface area contributed by atoms with Crippen molar-refractivity contribution < 1.29 is 27.6 Å². The molecule has 200 valence electrons. The summed E-state index contributed by atoms with van der Waals surface area (Å²) in [6, 6.07) is 15.2. The maximum Gasteiger partial charge on any atom is 0.417 e. The van der Waals surface area contributed by atoms with E-state index < -0.39 is 17.6 Å². The summed E-state index contributed by atoms with van der Waals surface area (Å²) in [5.74, 6) is -0.455. The quantitative estimate of drug-likeness (QED) is 0.615. The summed E-state index contributed by atoms with van der Waals surface area (Å²) in [5.41, 5.74) is -0.00876. The largest absolute Gasteiger partial charge is 0.417 e. The molecule has 2 aliphatic rings. The average Bonchev–Trinajstić information content (AvgIpc) is 2.93. The van der Waals surface area contributed by atoms with Gasteiger partial charge in [0.1, 0.15) is 6.29 Å². The summed E-state index contributed by atoms with van der Waals surface area (Å²) in [6.45, 7) is 3.30. The number of rotatable bonds is 5. The van der Waals surface area contributed by atoms with Crippen LogP contribution in [0.25, 0.3) is 0 Å². The lowest BCUT2D eigenvalue weighted by Gasteiger charge is -2.35. The second-order valence-electron chi connectivity index (χ2n) is 9.04. The van der Waals surface area contributed by atoms with E-state index in [-0.39, 0.29) is 37.0 Å². The Balaban J connectivity index is 0.000000231. The van der Waals surface area contributed by atoms with Gasteiger partial charge in [0.15, 0.2) is 0 Å². The number of anilines is 1. The molecule has 0 spiro atoms. The zero-order valence-corrected chi connectivity index (χ0v) is 20.9. The van der Waals surface area contributed by atoms with E-state index in [2.05, 4.69) is 34.5 Å². The average molecular weight is 519 g/mol. The molecule has 2 amide bonds. The van der Waals surface area contributed by atoms with Crippen molar-refractivity contribution in [2.24, 2.45) is 5.92 Å². The lowest BCUT2D eigenvalue weighted by Crippen LogP contribution is -2.52. The van der Waals surface area contributed by atoms with Gasteiger partial charge in [0.2, 0.25) is 5.91 Å². The molecule has 0 unspecified atom stereocenters. The van der Waals surface area contributed by atoms with Crippen LogP contribution in [0.15, 0.2) is 54.6 Å². The minimum absolute atomic E-state index is 0.0877. The molecule has 0 aliphatic carbocycles. The molecule has 0 saturated carbocycles. The van der Waals surface area contributed by atoms with E-state index in [9.17, 15) is 27.6 Å². The van der Waals surface area contributed by atoms with Crippen molar-refractivity contribution in [2.75, 3.05) is 57.8 Å². The number of piperazine rings is 1. The zero-order valence-electron chi connectivity index (χ0n) is 20.9. The third kappa shape index (κ3) is 7.79. The molecule has 2 aliphatic heterocycles. The highest BCUT2D eigenvalue weighted by molar-refractivity contribution is 5.96. The normalized spacial score (nSPS) is 16.6. The van der Waals surface area contributed by atoms with E-state index in [1.54, 1.807) is 11.9 Å². The van der Waals surface area contributed by atoms with Gasteiger partial charge in [-0.2, -0.15) is 13.2 Å². The number of nitrogens with one attached hydrogen (secondary N) is 1. The number of carbonyl (C=O) groups excluding carboxylic acids is 3. The highest BCUT2D eigenvalue weighted by Crippen LogP contribution is 2.32. The molecule has 4 rings (SSSR count). The molecule has 2 aromatic rings. The third-order valence-electron chi connectivity index (χ3n) is 6.56. The predicted molar refractivity (Wildman–Crippen MR) is 135 cm³/mol. The summed E-state index contributed by atoms with van der Waals surface area (Å²) in [5, 5.41) is 2.75. The minimum atomic E-state index is -4.57. The Morgan fingerprint density at radius 2 is 1.46 bits per heavy atom. The zero-order chi connectivity index (χ0) is 26.8. The van der Waals surface area contributed by atoms with Crippen LogP contribution in [0, 0.1) is 5.92 Å². The molecule has 2 fully saturated rings. The molecule has 0 aromatic heterocycles. The van der Waals surface area contributed by atoms with Crippen LogP contribution >= 0.6 is 0 Å². The summed E-state index contributed by atoms with van der Waals surface area (Å²) < 4.78 is 39.0. The van der Waals surface area contributed by atoms with Gasteiger partial charge in [0, 0.05) is 50.9 Å². The van der Waals surface area contributed by atoms with E-state index >= 15 is 0 Å². The van der Waals surface area contributed by atoms with Crippen LogP contribution in [-0.4, -0.2) is 80.8 Å². The van der Waals surface area contributed by atoms with E-state index in [0.717, 1.165) is 38.3 Å². The highest BCUT2D eigenvalue weighted by atomic mass is 19.4. The molecule has 0 atom stereocenters. The first kappa shape index (κ1) is 28.2. The fraction of sp³-hybridized carbons (Fsp3) is 0.444. The molecular weight excluding hydrogens is 485 g/mol. The van der Waals surface area contributed by atoms with Gasteiger partial charge < -0.3 is 24.8 Å². The standard InChI is InChI=1S/C15H18F3N3O2.C12H15NO/c1-19-10-13(22)20-6-8-21(9-7-20)14(23)11-4-2-3-5-12(11)15(16,17)18;14-10-11-6-8-13(9-7-11)12-4-2-1-3-5-12/h2-5,19H,6-10H2,1H3;1-5,10-11H,6-9H2. The number of halogens is 3. The van der Waals surface area contributed by atoms with Crippen molar-refractivity contribution in [3.8, 4) is 0 Å². The monoisotopic (exact) mass is 518 g/mol. The number of hydrogen-bond donors (Lipinski definition) is 1. The van der Waals surface area contributed by atoms with E-state index in [1.165, 1.54) is 28.8 Å². The third-order valence-corrected chi connectivity index (χ3v) is 6.56. The SMILES string of the molecule is CNCC(=O)N1CCN(C(=O)c2ccccc2C(F)(F)F)CC1.O=CC1CCN(c2ccccc2)CC1. The van der Waals surface area contributed by atoms with Crippen LogP contribution in [0.3, 0.4) is 0 Å². The number of likely N-dealkylation sites (N-methyl/N-ethyl adjacent to an activating group) is 1. The maximum absolute atomic E-state index is 13.0. The number of para-hydroxylation sites is 1. The molecular formula is C27H33F3N4O3. The fourth-order valence-corrected chi connectivity index (χ4v) is 4.44. The first-order valence-corrected chi connectivity index (χ1v) is 12.4. The summed E-state index contributed by atoms with van der Waals surface area (Å²) in [6.07, 6.45) is -1.48. The summed E-state index contributed by atoms with van der Waals surface area (Å²) in [4.78, 5) is 40.0. The Bertz CT molecular complexity index is 1030. The highest BCUT2D eigenvalue weighted by Gasteiger charge is 2.36. The number of nitrogens with zero attached hydrogens (tertiary/aromatic N) is 3. The molecule has 2 aromatic carbocycles. The smallest absolute Gasteiger partial charge is 0.371 e. The fourth-order valence-electron chi connectivity index (χ4n) is 4.44. The van der Waals surface area contributed by atoms with Gasteiger partial charge in [0.05, 0.1) is 17.7 Å². The molecule has 10 heteroatoms. The van der Waals surface area contributed by atoms with Crippen molar-refractivity contribution in [1.82, 2.24) is 15.1 Å². The second kappa shape index (κ2) is 13.2. The van der Waals surface area contributed by atoms with E-state index in [4.69, 9.17) is 0 Å². The van der Waals surface area contributed by atoms with Gasteiger partial charge in [-0.05, 0) is 44.2 Å².